The second-order valence-corrected chi connectivity index (χ2v) is 21.5. The van der Waals surface area contributed by atoms with Gasteiger partial charge in [-0.1, -0.05) is 304 Å². The third-order valence-corrected chi connectivity index (χ3v) is 14.7. The monoisotopic (exact) mass is 947 g/mol. The van der Waals surface area contributed by atoms with Crippen LogP contribution in [0.15, 0.2) is 0 Å². The number of ether oxygens (including phenoxy) is 3. The number of esters is 3. The molecule has 0 rings (SSSR count). The Hall–Kier alpha value is -1.59. The van der Waals surface area contributed by atoms with Crippen molar-refractivity contribution in [3.63, 3.8) is 0 Å². The molecular weight excluding hydrogens is 829 g/mol. The summed E-state index contributed by atoms with van der Waals surface area (Å²) < 4.78 is 16.9. The number of unbranched alkanes of at least 4 members (excludes halogenated alkanes) is 38. The van der Waals surface area contributed by atoms with Gasteiger partial charge < -0.3 is 14.2 Å². The van der Waals surface area contributed by atoms with E-state index in [2.05, 4.69) is 34.6 Å². The fourth-order valence-electron chi connectivity index (χ4n) is 9.34. The van der Waals surface area contributed by atoms with Crippen molar-refractivity contribution < 1.29 is 28.6 Å². The lowest BCUT2D eigenvalue weighted by atomic mass is 9.99. The van der Waals surface area contributed by atoms with E-state index in [-0.39, 0.29) is 31.1 Å². The first kappa shape index (κ1) is 65.4. The van der Waals surface area contributed by atoms with Gasteiger partial charge in [0.2, 0.25) is 0 Å². The summed E-state index contributed by atoms with van der Waals surface area (Å²) in [6.07, 6.45) is 58.0. The maximum Gasteiger partial charge on any atom is 0.306 e. The number of carbonyl (C=O) groups excluding carboxylic acids is 3. The van der Waals surface area contributed by atoms with Gasteiger partial charge in [-0.25, -0.2) is 0 Å². The van der Waals surface area contributed by atoms with Gasteiger partial charge in [0, 0.05) is 19.3 Å². The molecule has 3 atom stereocenters. The van der Waals surface area contributed by atoms with Gasteiger partial charge in [0.25, 0.3) is 0 Å². The predicted octanol–water partition coefficient (Wildman–Crippen LogP) is 20.0. The molecule has 0 saturated heterocycles. The third kappa shape index (κ3) is 52.1. The summed E-state index contributed by atoms with van der Waals surface area (Å²) in [5, 5.41) is 0. The largest absolute Gasteiger partial charge is 0.462 e. The molecule has 0 aliphatic rings. The minimum absolute atomic E-state index is 0.0630. The Morgan fingerprint density at radius 3 is 0.776 bits per heavy atom. The summed E-state index contributed by atoms with van der Waals surface area (Å²) in [4.78, 5) is 38.2. The molecule has 0 radical (unpaired) electrons. The molecule has 0 saturated carbocycles. The highest BCUT2D eigenvalue weighted by Gasteiger charge is 2.19. The van der Waals surface area contributed by atoms with E-state index >= 15 is 0 Å². The van der Waals surface area contributed by atoms with Gasteiger partial charge in [0.05, 0.1) is 0 Å². The lowest BCUT2D eigenvalue weighted by molar-refractivity contribution is -0.167. The first-order valence-corrected chi connectivity index (χ1v) is 30.3. The maximum atomic E-state index is 12.8. The molecule has 0 spiro atoms. The Labute approximate surface area is 418 Å². The zero-order chi connectivity index (χ0) is 48.9. The molecule has 6 heteroatoms. The van der Waals surface area contributed by atoms with Crippen LogP contribution in [-0.4, -0.2) is 37.2 Å². The fourth-order valence-corrected chi connectivity index (χ4v) is 9.34. The van der Waals surface area contributed by atoms with Crippen LogP contribution < -0.4 is 0 Å². The summed E-state index contributed by atoms with van der Waals surface area (Å²) >= 11 is 0. The zero-order valence-corrected chi connectivity index (χ0v) is 46.0. The molecule has 0 aliphatic heterocycles. The van der Waals surface area contributed by atoms with Gasteiger partial charge in [-0.3, -0.25) is 14.4 Å². The van der Waals surface area contributed by atoms with Gasteiger partial charge in [-0.05, 0) is 31.1 Å². The summed E-state index contributed by atoms with van der Waals surface area (Å²) in [5.41, 5.74) is 0. The first-order valence-electron chi connectivity index (χ1n) is 30.3. The highest BCUT2D eigenvalue weighted by Crippen LogP contribution is 2.19. The van der Waals surface area contributed by atoms with Crippen LogP contribution in [0.25, 0.3) is 0 Å². The smallest absolute Gasteiger partial charge is 0.306 e. The molecule has 0 aliphatic carbocycles. The average Bonchev–Trinajstić information content (AvgIpc) is 3.33. The standard InChI is InChI=1S/C61H118O6/c1-6-9-10-11-12-13-14-15-16-17-18-19-20-24-27-30-36-41-46-51-59(62)65-54-58(67-61(64)53-48-43-38-33-32-35-40-45-50-57(5)8-3)55-66-60(63)52-47-42-37-31-28-25-22-21-23-26-29-34-39-44-49-56(4)7-2/h56-58H,6-55H2,1-5H3/t56?,57?,58-/m1/s1. The predicted molar refractivity (Wildman–Crippen MR) is 289 cm³/mol. The van der Waals surface area contributed by atoms with Gasteiger partial charge >= 0.3 is 17.9 Å². The van der Waals surface area contributed by atoms with Crippen molar-refractivity contribution in [2.24, 2.45) is 11.8 Å². The van der Waals surface area contributed by atoms with E-state index in [1.807, 2.05) is 0 Å². The van der Waals surface area contributed by atoms with Gasteiger partial charge in [-0.15, -0.1) is 0 Å². The third-order valence-electron chi connectivity index (χ3n) is 14.7. The Morgan fingerprint density at radius 1 is 0.299 bits per heavy atom. The molecule has 0 amide bonds. The molecule has 0 aromatic heterocycles. The second kappa shape index (κ2) is 53.8. The molecule has 67 heavy (non-hydrogen) atoms. The molecule has 0 fully saturated rings. The Kier molecular flexibility index (Phi) is 52.5. The van der Waals surface area contributed by atoms with Crippen LogP contribution >= 0.6 is 0 Å². The van der Waals surface area contributed by atoms with Gasteiger partial charge in [0.15, 0.2) is 6.10 Å². The quantitative estimate of drug-likeness (QED) is 0.0343. The molecule has 0 heterocycles. The van der Waals surface area contributed by atoms with E-state index < -0.39 is 6.10 Å². The Balaban J connectivity index is 4.25. The van der Waals surface area contributed by atoms with E-state index in [9.17, 15) is 14.4 Å². The molecule has 0 aromatic carbocycles. The van der Waals surface area contributed by atoms with Crippen molar-refractivity contribution in [1.29, 1.82) is 0 Å². The highest BCUT2D eigenvalue weighted by atomic mass is 16.6. The van der Waals surface area contributed by atoms with Gasteiger partial charge in [-0.2, -0.15) is 0 Å². The second-order valence-electron chi connectivity index (χ2n) is 21.5. The van der Waals surface area contributed by atoms with E-state index in [1.165, 1.54) is 231 Å². The lowest BCUT2D eigenvalue weighted by Gasteiger charge is -2.18. The Bertz CT molecular complexity index is 1030. The van der Waals surface area contributed by atoms with Crippen LogP contribution in [0.5, 0.6) is 0 Å². The van der Waals surface area contributed by atoms with Crippen LogP contribution in [0.1, 0.15) is 343 Å². The summed E-state index contributed by atoms with van der Waals surface area (Å²) in [6, 6.07) is 0. The highest BCUT2D eigenvalue weighted by molar-refractivity contribution is 5.71. The number of hydrogen-bond acceptors (Lipinski definition) is 6. The molecular formula is C61H118O6. The van der Waals surface area contributed by atoms with Crippen LogP contribution in [0.4, 0.5) is 0 Å². The first-order chi connectivity index (χ1) is 32.8. The van der Waals surface area contributed by atoms with E-state index in [0.29, 0.717) is 19.3 Å². The molecule has 0 bridgehead atoms. The van der Waals surface area contributed by atoms with Crippen LogP contribution in [0.2, 0.25) is 0 Å². The van der Waals surface area contributed by atoms with E-state index in [4.69, 9.17) is 14.2 Å². The molecule has 0 N–H and O–H groups in total. The summed E-state index contributed by atoms with van der Waals surface area (Å²) in [6.45, 7) is 11.5. The van der Waals surface area contributed by atoms with Crippen molar-refractivity contribution >= 4 is 17.9 Å². The van der Waals surface area contributed by atoms with Crippen molar-refractivity contribution in [1.82, 2.24) is 0 Å². The fraction of sp³-hybridized carbons (Fsp3) is 0.951. The topological polar surface area (TPSA) is 78.9 Å². The van der Waals surface area contributed by atoms with Crippen molar-refractivity contribution in [3.05, 3.63) is 0 Å². The molecule has 6 nitrogen and oxygen atoms in total. The zero-order valence-electron chi connectivity index (χ0n) is 46.0. The van der Waals surface area contributed by atoms with Gasteiger partial charge in [0.1, 0.15) is 13.2 Å². The molecule has 0 aromatic rings. The minimum Gasteiger partial charge on any atom is -0.462 e. The molecule has 2 unspecified atom stereocenters. The normalized spacial score (nSPS) is 12.9. The lowest BCUT2D eigenvalue weighted by Crippen LogP contribution is -2.30. The van der Waals surface area contributed by atoms with E-state index in [1.54, 1.807) is 0 Å². The summed E-state index contributed by atoms with van der Waals surface area (Å²) in [7, 11) is 0. The van der Waals surface area contributed by atoms with Crippen molar-refractivity contribution in [2.45, 2.75) is 349 Å². The number of carbonyl (C=O) groups is 3. The maximum absolute atomic E-state index is 12.8. The average molecular weight is 948 g/mol. The van der Waals surface area contributed by atoms with Crippen LogP contribution in [0.3, 0.4) is 0 Å². The number of hydrogen-bond donors (Lipinski definition) is 0. The number of rotatable bonds is 55. The van der Waals surface area contributed by atoms with Crippen LogP contribution in [-0.2, 0) is 28.6 Å². The van der Waals surface area contributed by atoms with Crippen molar-refractivity contribution in [2.75, 3.05) is 13.2 Å². The molecule has 398 valence electrons. The SMILES string of the molecule is CCCCCCCCCCCCCCCCCCCCCC(=O)OC[C@H](COC(=O)CCCCCCCCCCCCCCCCC(C)CC)OC(=O)CCCCCCCCCCC(C)CC. The minimum atomic E-state index is -0.764. The van der Waals surface area contributed by atoms with Crippen molar-refractivity contribution in [3.8, 4) is 0 Å². The van der Waals surface area contributed by atoms with E-state index in [0.717, 1.165) is 69.6 Å². The Morgan fingerprint density at radius 2 is 0.522 bits per heavy atom. The van der Waals surface area contributed by atoms with Crippen LogP contribution in [0, 0.1) is 11.8 Å². The summed E-state index contributed by atoms with van der Waals surface area (Å²) in [5.74, 6) is 0.901.